The molecule has 0 aliphatic rings. The van der Waals surface area contributed by atoms with Crippen LogP contribution in [-0.2, 0) is 10.0 Å². The third kappa shape index (κ3) is 4.72. The molecule has 0 saturated carbocycles. The zero-order valence-corrected chi connectivity index (χ0v) is 19.9. The second-order valence-electron chi connectivity index (χ2n) is 7.61. The van der Waals surface area contributed by atoms with E-state index in [1.807, 2.05) is 54.6 Å². The van der Waals surface area contributed by atoms with E-state index in [-0.39, 0.29) is 15.5 Å². The zero-order valence-electron chi connectivity index (χ0n) is 18.3. The minimum absolute atomic E-state index is 0.159. The summed E-state index contributed by atoms with van der Waals surface area (Å²) in [6.07, 6.45) is 1.59. The van der Waals surface area contributed by atoms with Gasteiger partial charge in [0.15, 0.2) is 0 Å². The number of rotatable bonds is 7. The fourth-order valence-electron chi connectivity index (χ4n) is 3.73. The van der Waals surface area contributed by atoms with Crippen molar-refractivity contribution in [1.82, 2.24) is 10.4 Å². The molecule has 7 nitrogen and oxygen atoms in total. The summed E-state index contributed by atoms with van der Waals surface area (Å²) in [6, 6.07) is 27.3. The van der Waals surface area contributed by atoms with Crippen molar-refractivity contribution in [2.75, 3.05) is 4.72 Å². The van der Waals surface area contributed by atoms with Crippen molar-refractivity contribution in [2.24, 2.45) is 5.10 Å². The summed E-state index contributed by atoms with van der Waals surface area (Å²) in [5.74, 6) is -0.535. The maximum Gasteiger partial charge on any atom is 0.273 e. The minimum atomic E-state index is -3.80. The second-order valence-corrected chi connectivity index (χ2v) is 10.5. The van der Waals surface area contributed by atoms with E-state index in [1.54, 1.807) is 29.8 Å². The predicted octanol–water partition coefficient (Wildman–Crippen LogP) is 5.46. The Labute approximate surface area is 206 Å². The highest BCUT2D eigenvalue weighted by atomic mass is 32.2. The molecule has 5 rings (SSSR count). The lowest BCUT2D eigenvalue weighted by Crippen LogP contribution is -2.21. The Hall–Kier alpha value is -4.21. The van der Waals surface area contributed by atoms with Crippen LogP contribution in [0.2, 0.25) is 0 Å². The van der Waals surface area contributed by atoms with Crippen LogP contribution in [0.15, 0.2) is 106 Å². The average Bonchev–Trinajstić information content (AvgIpc) is 3.54. The number of hydrogen-bond donors (Lipinski definition) is 3. The molecule has 0 spiro atoms. The van der Waals surface area contributed by atoms with E-state index in [2.05, 4.69) is 20.2 Å². The molecule has 2 aromatic heterocycles. The van der Waals surface area contributed by atoms with Gasteiger partial charge >= 0.3 is 0 Å². The van der Waals surface area contributed by atoms with Crippen LogP contribution in [0.25, 0.3) is 22.2 Å². The number of fused-ring (bicyclic) bond motifs is 1. The van der Waals surface area contributed by atoms with Crippen molar-refractivity contribution in [1.29, 1.82) is 0 Å². The number of benzene rings is 3. The summed E-state index contributed by atoms with van der Waals surface area (Å²) < 4.78 is 27.9. The third-order valence-corrected chi connectivity index (χ3v) is 8.11. The molecule has 0 aliphatic heterocycles. The van der Waals surface area contributed by atoms with Gasteiger partial charge in [0, 0.05) is 16.5 Å². The highest BCUT2D eigenvalue weighted by Crippen LogP contribution is 2.29. The number of H-pyrrole nitrogens is 1. The van der Waals surface area contributed by atoms with Crippen LogP contribution in [0.3, 0.4) is 0 Å². The van der Waals surface area contributed by atoms with Gasteiger partial charge in [-0.05, 0) is 35.2 Å². The van der Waals surface area contributed by atoms with Crippen LogP contribution < -0.4 is 10.1 Å². The molecule has 35 heavy (non-hydrogen) atoms. The summed E-state index contributed by atoms with van der Waals surface area (Å²) in [5, 5.41) is 6.84. The van der Waals surface area contributed by atoms with Gasteiger partial charge in [0.25, 0.3) is 15.9 Å². The number of hydrogen-bond acceptors (Lipinski definition) is 5. The first kappa shape index (κ1) is 22.6. The number of aromatic amines is 1. The number of para-hydroxylation sites is 2. The maximum atomic E-state index is 12.9. The van der Waals surface area contributed by atoms with E-state index < -0.39 is 15.9 Å². The van der Waals surface area contributed by atoms with Crippen LogP contribution >= 0.6 is 11.3 Å². The molecule has 3 aromatic carbocycles. The van der Waals surface area contributed by atoms with Crippen LogP contribution in [0.5, 0.6) is 0 Å². The van der Waals surface area contributed by atoms with Crippen LogP contribution in [0, 0.1) is 0 Å². The lowest BCUT2D eigenvalue weighted by molar-refractivity contribution is 0.0956. The van der Waals surface area contributed by atoms with Crippen molar-refractivity contribution < 1.29 is 13.2 Å². The van der Waals surface area contributed by atoms with Gasteiger partial charge in [0.2, 0.25) is 0 Å². The quantitative estimate of drug-likeness (QED) is 0.204. The molecular formula is C26H20N4O3S2. The van der Waals surface area contributed by atoms with Gasteiger partial charge in [0.05, 0.1) is 23.2 Å². The number of thiophene rings is 1. The fraction of sp³-hybridized carbons (Fsp3) is 0. The van der Waals surface area contributed by atoms with Crippen molar-refractivity contribution in [2.45, 2.75) is 4.21 Å². The van der Waals surface area contributed by atoms with Gasteiger partial charge in [-0.3, -0.25) is 9.52 Å². The Bertz CT molecular complexity index is 1620. The number of nitrogens with zero attached hydrogens (tertiary/aromatic N) is 1. The minimum Gasteiger partial charge on any atom is -0.354 e. The summed E-state index contributed by atoms with van der Waals surface area (Å²) in [4.78, 5) is 16.3. The Balaban J connectivity index is 1.42. The number of aromatic nitrogens is 1. The molecule has 0 saturated heterocycles. The van der Waals surface area contributed by atoms with E-state index in [4.69, 9.17) is 0 Å². The molecule has 0 aliphatic carbocycles. The molecule has 9 heteroatoms. The summed E-state index contributed by atoms with van der Waals surface area (Å²) in [5.41, 5.74) is 6.51. The number of carbonyl (C=O) groups is 1. The molecular weight excluding hydrogens is 480 g/mol. The summed E-state index contributed by atoms with van der Waals surface area (Å²) in [7, 11) is -3.80. The lowest BCUT2D eigenvalue weighted by Gasteiger charge is -2.10. The molecule has 0 atom stereocenters. The van der Waals surface area contributed by atoms with Gasteiger partial charge < -0.3 is 4.98 Å². The SMILES string of the molecule is O=C(NN=Cc1c(-c2ccccc2)[nH]c2ccccc12)c1ccccc1NS(=O)(=O)c1cccs1. The molecule has 0 unspecified atom stereocenters. The number of nitrogens with one attached hydrogen (secondary N) is 3. The lowest BCUT2D eigenvalue weighted by atomic mass is 10.1. The van der Waals surface area contributed by atoms with Crippen LogP contribution in [0.4, 0.5) is 5.69 Å². The monoisotopic (exact) mass is 500 g/mol. The van der Waals surface area contributed by atoms with Crippen molar-refractivity contribution in [3.05, 3.63) is 108 Å². The Morgan fingerprint density at radius 1 is 0.886 bits per heavy atom. The molecule has 2 heterocycles. The number of hydrazone groups is 1. The third-order valence-electron chi connectivity index (χ3n) is 5.34. The number of carbonyl (C=O) groups excluding carboxylic acids is 1. The molecule has 0 bridgehead atoms. The number of anilines is 1. The molecule has 5 aromatic rings. The Morgan fingerprint density at radius 2 is 1.63 bits per heavy atom. The predicted molar refractivity (Wildman–Crippen MR) is 140 cm³/mol. The topological polar surface area (TPSA) is 103 Å². The van der Waals surface area contributed by atoms with Gasteiger partial charge in [-0.2, -0.15) is 5.10 Å². The normalized spacial score (nSPS) is 11.7. The summed E-state index contributed by atoms with van der Waals surface area (Å²) in [6.45, 7) is 0. The highest BCUT2D eigenvalue weighted by Gasteiger charge is 2.19. The summed E-state index contributed by atoms with van der Waals surface area (Å²) >= 11 is 1.10. The molecule has 0 radical (unpaired) electrons. The van der Waals surface area contributed by atoms with Gasteiger partial charge in [-0.1, -0.05) is 66.7 Å². The molecule has 174 valence electrons. The first-order valence-electron chi connectivity index (χ1n) is 10.7. The molecule has 0 fully saturated rings. The average molecular weight is 501 g/mol. The zero-order chi connectivity index (χ0) is 24.3. The molecule has 1 amide bonds. The number of amides is 1. The van der Waals surface area contributed by atoms with Gasteiger partial charge in [-0.15, -0.1) is 11.3 Å². The van der Waals surface area contributed by atoms with E-state index in [9.17, 15) is 13.2 Å². The van der Waals surface area contributed by atoms with Crippen molar-refractivity contribution in [3.8, 4) is 11.3 Å². The number of sulfonamides is 1. The molecule has 3 N–H and O–H groups in total. The van der Waals surface area contributed by atoms with Crippen molar-refractivity contribution >= 4 is 50.1 Å². The van der Waals surface area contributed by atoms with Crippen molar-refractivity contribution in [3.63, 3.8) is 0 Å². The van der Waals surface area contributed by atoms with Gasteiger partial charge in [-0.25, -0.2) is 13.8 Å². The smallest absolute Gasteiger partial charge is 0.273 e. The van der Waals surface area contributed by atoms with E-state index in [0.29, 0.717) is 0 Å². The van der Waals surface area contributed by atoms with E-state index in [1.165, 1.54) is 18.2 Å². The van der Waals surface area contributed by atoms with E-state index in [0.717, 1.165) is 39.1 Å². The highest BCUT2D eigenvalue weighted by molar-refractivity contribution is 7.94. The second kappa shape index (κ2) is 9.57. The standard InChI is InChI=1S/C26H20N4O3S2/c31-26(20-12-5-7-14-23(20)30-35(32,33)24-15-8-16-34-24)29-27-17-21-19-11-4-6-13-22(19)28-25(21)18-9-2-1-3-10-18/h1-17,28,30H,(H,29,31). The van der Waals surface area contributed by atoms with E-state index >= 15 is 0 Å². The fourth-order valence-corrected chi connectivity index (χ4v) is 5.80. The Kier molecular flexibility index (Phi) is 6.17. The van der Waals surface area contributed by atoms with Crippen LogP contribution in [0.1, 0.15) is 15.9 Å². The first-order valence-corrected chi connectivity index (χ1v) is 13.0. The van der Waals surface area contributed by atoms with Crippen LogP contribution in [-0.4, -0.2) is 25.5 Å². The Morgan fingerprint density at radius 3 is 2.43 bits per heavy atom. The largest absolute Gasteiger partial charge is 0.354 e. The van der Waals surface area contributed by atoms with Gasteiger partial charge in [0.1, 0.15) is 4.21 Å². The first-order chi connectivity index (χ1) is 17.0. The maximum absolute atomic E-state index is 12.9.